The van der Waals surface area contributed by atoms with E-state index in [1.165, 1.54) is 6.07 Å². The lowest BCUT2D eigenvalue weighted by Gasteiger charge is -2.39. The van der Waals surface area contributed by atoms with Gasteiger partial charge in [-0.3, -0.25) is 4.79 Å². The second-order valence-corrected chi connectivity index (χ2v) is 9.45. The van der Waals surface area contributed by atoms with E-state index in [4.69, 9.17) is 5.73 Å². The molecule has 2 aromatic heterocycles. The maximum absolute atomic E-state index is 13.4. The van der Waals surface area contributed by atoms with Crippen molar-refractivity contribution in [3.05, 3.63) is 63.3 Å². The Hall–Kier alpha value is -2.87. The molecule has 34 heavy (non-hydrogen) atoms. The Kier molecular flexibility index (Phi) is 6.98. The number of aromatic nitrogens is 3. The molecule has 1 aromatic carbocycles. The molecule has 0 spiro atoms. The lowest BCUT2D eigenvalue weighted by molar-refractivity contribution is 0.150. The second kappa shape index (κ2) is 9.78. The SMILES string of the molecule is Cc1nc(N[C@H](C)c2cccc(C(F)F)c2C)c2cn(C3(CCN)CCCCC3)c(=O)cc2n1. The van der Waals surface area contributed by atoms with Gasteiger partial charge in [-0.2, -0.15) is 0 Å². The zero-order chi connectivity index (χ0) is 24.5. The van der Waals surface area contributed by atoms with Crippen LogP contribution in [0.15, 0.2) is 35.3 Å². The fraction of sp³-hybridized carbons (Fsp3) is 0.500. The molecule has 1 aliphatic rings. The minimum Gasteiger partial charge on any atom is -0.363 e. The third kappa shape index (κ3) is 4.56. The van der Waals surface area contributed by atoms with Gasteiger partial charge in [0.05, 0.1) is 16.9 Å². The number of alkyl halides is 2. The third-order valence-corrected chi connectivity index (χ3v) is 7.22. The van der Waals surface area contributed by atoms with Gasteiger partial charge in [0.15, 0.2) is 0 Å². The Labute approximate surface area is 198 Å². The number of nitrogens with two attached hydrogens (primary N) is 1. The van der Waals surface area contributed by atoms with Crippen molar-refractivity contribution in [2.45, 2.75) is 77.3 Å². The molecule has 4 rings (SSSR count). The van der Waals surface area contributed by atoms with Crippen LogP contribution in [0.1, 0.15) is 80.4 Å². The van der Waals surface area contributed by atoms with E-state index in [1.807, 2.05) is 23.8 Å². The van der Waals surface area contributed by atoms with E-state index < -0.39 is 6.43 Å². The van der Waals surface area contributed by atoms with Gasteiger partial charge < -0.3 is 15.6 Å². The van der Waals surface area contributed by atoms with Crippen LogP contribution in [0.4, 0.5) is 14.6 Å². The molecule has 8 heteroatoms. The van der Waals surface area contributed by atoms with Crippen LogP contribution in [0, 0.1) is 13.8 Å². The maximum atomic E-state index is 13.4. The quantitative estimate of drug-likeness (QED) is 0.475. The molecule has 6 nitrogen and oxygen atoms in total. The average Bonchev–Trinajstić information content (AvgIpc) is 2.79. The molecular formula is C26H33F2N5O. The molecular weight excluding hydrogens is 436 g/mol. The van der Waals surface area contributed by atoms with Crippen LogP contribution in [-0.2, 0) is 5.54 Å². The van der Waals surface area contributed by atoms with Gasteiger partial charge in [0.1, 0.15) is 11.6 Å². The summed E-state index contributed by atoms with van der Waals surface area (Å²) < 4.78 is 28.7. The van der Waals surface area contributed by atoms with E-state index in [0.717, 1.165) is 49.5 Å². The highest BCUT2D eigenvalue weighted by Crippen LogP contribution is 2.38. The predicted octanol–water partition coefficient (Wildman–Crippen LogP) is 5.53. The molecule has 0 radical (unpaired) electrons. The summed E-state index contributed by atoms with van der Waals surface area (Å²) in [7, 11) is 0. The van der Waals surface area contributed by atoms with Gasteiger partial charge in [0.2, 0.25) is 0 Å². The number of nitrogens with zero attached hydrogens (tertiary/aromatic N) is 3. The molecule has 1 atom stereocenters. The molecule has 3 N–H and O–H groups in total. The van der Waals surface area contributed by atoms with Crippen LogP contribution in [0.25, 0.3) is 10.9 Å². The Bertz CT molecular complexity index is 1230. The second-order valence-electron chi connectivity index (χ2n) is 9.45. The Morgan fingerprint density at radius 2 is 1.85 bits per heavy atom. The van der Waals surface area contributed by atoms with Crippen LogP contribution in [-0.4, -0.2) is 21.1 Å². The first kappa shape index (κ1) is 24.3. The largest absolute Gasteiger partial charge is 0.363 e. The number of anilines is 1. The van der Waals surface area contributed by atoms with E-state index in [1.54, 1.807) is 26.0 Å². The van der Waals surface area contributed by atoms with Gasteiger partial charge in [0, 0.05) is 23.4 Å². The lowest BCUT2D eigenvalue weighted by atomic mass is 9.79. The molecule has 0 amide bonds. The number of pyridine rings is 1. The first-order valence-corrected chi connectivity index (χ1v) is 12.0. The zero-order valence-corrected chi connectivity index (χ0v) is 20.1. The van der Waals surface area contributed by atoms with Crippen molar-refractivity contribution in [3.8, 4) is 0 Å². The van der Waals surface area contributed by atoms with Gasteiger partial charge in [0.25, 0.3) is 12.0 Å². The molecule has 0 unspecified atom stereocenters. The van der Waals surface area contributed by atoms with Gasteiger partial charge in [-0.15, -0.1) is 0 Å². The number of hydrogen-bond acceptors (Lipinski definition) is 5. The molecule has 0 bridgehead atoms. The Balaban J connectivity index is 1.80. The Morgan fingerprint density at radius 1 is 1.15 bits per heavy atom. The summed E-state index contributed by atoms with van der Waals surface area (Å²) in [6.07, 6.45) is 5.21. The van der Waals surface area contributed by atoms with Crippen LogP contribution >= 0.6 is 0 Å². The zero-order valence-electron chi connectivity index (χ0n) is 20.1. The first-order valence-electron chi connectivity index (χ1n) is 12.0. The highest BCUT2D eigenvalue weighted by atomic mass is 19.3. The number of rotatable bonds is 7. The fourth-order valence-corrected chi connectivity index (χ4v) is 5.45. The average molecular weight is 470 g/mol. The molecule has 1 fully saturated rings. The van der Waals surface area contributed by atoms with Crippen molar-refractivity contribution < 1.29 is 8.78 Å². The minimum atomic E-state index is -2.53. The molecule has 1 saturated carbocycles. The van der Waals surface area contributed by atoms with Crippen molar-refractivity contribution in [1.29, 1.82) is 0 Å². The van der Waals surface area contributed by atoms with E-state index in [9.17, 15) is 13.6 Å². The van der Waals surface area contributed by atoms with Gasteiger partial charge in [-0.05, 0) is 57.7 Å². The molecule has 3 aromatic rings. The number of nitrogens with one attached hydrogen (secondary N) is 1. The molecule has 2 heterocycles. The summed E-state index contributed by atoms with van der Waals surface area (Å²) >= 11 is 0. The van der Waals surface area contributed by atoms with Gasteiger partial charge in [-0.25, -0.2) is 18.7 Å². The highest BCUT2D eigenvalue weighted by molar-refractivity contribution is 5.88. The summed E-state index contributed by atoms with van der Waals surface area (Å²) in [5.41, 5.74) is 7.53. The van der Waals surface area contributed by atoms with Crippen LogP contribution in [0.5, 0.6) is 0 Å². The van der Waals surface area contributed by atoms with Crippen molar-refractivity contribution in [2.24, 2.45) is 5.73 Å². The van der Waals surface area contributed by atoms with Gasteiger partial charge >= 0.3 is 0 Å². The number of fused-ring (bicyclic) bond motifs is 1. The summed E-state index contributed by atoms with van der Waals surface area (Å²) in [6.45, 7) is 5.93. The molecule has 0 aliphatic heterocycles. The molecule has 0 saturated heterocycles. The normalized spacial score (nSPS) is 16.7. The summed E-state index contributed by atoms with van der Waals surface area (Å²) in [4.78, 5) is 22.3. The van der Waals surface area contributed by atoms with Gasteiger partial charge in [-0.1, -0.05) is 37.5 Å². The number of halogens is 2. The van der Waals surface area contributed by atoms with E-state index in [0.29, 0.717) is 29.3 Å². The van der Waals surface area contributed by atoms with Crippen molar-refractivity contribution in [2.75, 3.05) is 11.9 Å². The maximum Gasteiger partial charge on any atom is 0.264 e. The molecule has 182 valence electrons. The van der Waals surface area contributed by atoms with E-state index in [2.05, 4.69) is 15.3 Å². The smallest absolute Gasteiger partial charge is 0.264 e. The van der Waals surface area contributed by atoms with Crippen LogP contribution in [0.3, 0.4) is 0 Å². The van der Waals surface area contributed by atoms with Crippen molar-refractivity contribution >= 4 is 16.7 Å². The topological polar surface area (TPSA) is 85.8 Å². The highest BCUT2D eigenvalue weighted by Gasteiger charge is 2.34. The monoisotopic (exact) mass is 469 g/mol. The summed E-state index contributed by atoms with van der Waals surface area (Å²) in [5.74, 6) is 1.12. The lowest BCUT2D eigenvalue weighted by Crippen LogP contribution is -2.43. The molecule has 1 aliphatic carbocycles. The number of benzene rings is 1. The van der Waals surface area contributed by atoms with Crippen molar-refractivity contribution in [3.63, 3.8) is 0 Å². The summed E-state index contributed by atoms with van der Waals surface area (Å²) in [6, 6.07) is 6.27. The Morgan fingerprint density at radius 3 is 2.53 bits per heavy atom. The standard InChI is InChI=1S/C26H33F2N5O/c1-16-19(8-7-9-20(16)24(27)28)17(2)30-25-21-15-33(23(34)14-22(21)31-18(3)32-25)26(12-13-29)10-5-4-6-11-26/h7-9,14-15,17,24H,4-6,10-13,29H2,1-3H3,(H,30,31,32)/t17-/m1/s1. The van der Waals surface area contributed by atoms with Crippen LogP contribution in [0.2, 0.25) is 0 Å². The third-order valence-electron chi connectivity index (χ3n) is 7.22. The van der Waals surface area contributed by atoms with Crippen LogP contribution < -0.4 is 16.6 Å². The van der Waals surface area contributed by atoms with Crippen molar-refractivity contribution in [1.82, 2.24) is 14.5 Å². The summed E-state index contributed by atoms with van der Waals surface area (Å²) in [5, 5.41) is 4.14. The number of aryl methyl sites for hydroxylation is 1. The number of hydrogen-bond donors (Lipinski definition) is 2. The van der Waals surface area contributed by atoms with E-state index >= 15 is 0 Å². The van der Waals surface area contributed by atoms with E-state index in [-0.39, 0.29) is 22.7 Å². The fourth-order valence-electron chi connectivity index (χ4n) is 5.45. The minimum absolute atomic E-state index is 0.0322. The predicted molar refractivity (Wildman–Crippen MR) is 131 cm³/mol. The first-order chi connectivity index (χ1) is 16.3.